The van der Waals surface area contributed by atoms with Gasteiger partial charge in [0.2, 0.25) is 10.0 Å². The van der Waals surface area contributed by atoms with Crippen LogP contribution in [0.25, 0.3) is 0 Å². The van der Waals surface area contributed by atoms with Crippen molar-refractivity contribution in [1.29, 1.82) is 0 Å². The van der Waals surface area contributed by atoms with E-state index in [1.165, 1.54) is 0 Å². The number of rotatable bonds is 5. The number of hydrogen-bond acceptors (Lipinski definition) is 4. The van der Waals surface area contributed by atoms with Crippen LogP contribution in [0.15, 0.2) is 47.4 Å². The van der Waals surface area contributed by atoms with Crippen LogP contribution in [0.5, 0.6) is 5.75 Å². The highest BCUT2D eigenvalue weighted by molar-refractivity contribution is 7.89. The van der Waals surface area contributed by atoms with Crippen molar-refractivity contribution in [3.8, 4) is 5.75 Å². The van der Waals surface area contributed by atoms with E-state index in [9.17, 15) is 13.2 Å². The van der Waals surface area contributed by atoms with Gasteiger partial charge in [-0.3, -0.25) is 4.79 Å². The standard InChI is InChI=1S/C21H26N2O4S/c1-15-8-9-16(2)20(14-15)28(25,26)22-17-10-12-23(13-11-17)21(24)18-6-4-5-7-19(18)27-3/h4-9,14,17,22H,10-13H2,1-3H3. The zero-order valence-corrected chi connectivity index (χ0v) is 17.3. The molecular formula is C21H26N2O4S. The lowest BCUT2D eigenvalue weighted by molar-refractivity contribution is 0.0708. The molecule has 0 aromatic heterocycles. The number of carbonyl (C=O) groups is 1. The number of hydrogen-bond donors (Lipinski definition) is 1. The van der Waals surface area contributed by atoms with Crippen LogP contribution in [0.1, 0.15) is 34.3 Å². The summed E-state index contributed by atoms with van der Waals surface area (Å²) in [6, 6.07) is 12.4. The molecule has 1 saturated heterocycles. The van der Waals surface area contributed by atoms with Gasteiger partial charge in [-0.1, -0.05) is 24.3 Å². The summed E-state index contributed by atoms with van der Waals surface area (Å²) in [6.45, 7) is 4.66. The molecule has 1 heterocycles. The Bertz CT molecular complexity index is 964. The lowest BCUT2D eigenvalue weighted by Gasteiger charge is -2.32. The van der Waals surface area contributed by atoms with Crippen molar-refractivity contribution >= 4 is 15.9 Å². The van der Waals surface area contributed by atoms with Crippen molar-refractivity contribution in [3.05, 3.63) is 59.2 Å². The van der Waals surface area contributed by atoms with Gasteiger partial charge in [-0.05, 0) is 56.0 Å². The van der Waals surface area contributed by atoms with Crippen LogP contribution >= 0.6 is 0 Å². The quantitative estimate of drug-likeness (QED) is 0.834. The zero-order valence-electron chi connectivity index (χ0n) is 16.4. The number of ether oxygens (including phenoxy) is 1. The maximum absolute atomic E-state index is 12.8. The van der Waals surface area contributed by atoms with Crippen molar-refractivity contribution in [2.45, 2.75) is 37.6 Å². The molecule has 0 unspecified atom stereocenters. The van der Waals surface area contributed by atoms with E-state index in [2.05, 4.69) is 4.72 Å². The van der Waals surface area contributed by atoms with Gasteiger partial charge < -0.3 is 9.64 Å². The van der Waals surface area contributed by atoms with Crippen molar-refractivity contribution in [2.75, 3.05) is 20.2 Å². The van der Waals surface area contributed by atoms with E-state index in [4.69, 9.17) is 4.74 Å². The van der Waals surface area contributed by atoms with Crippen LogP contribution in [-0.4, -0.2) is 45.5 Å². The summed E-state index contributed by atoms with van der Waals surface area (Å²) >= 11 is 0. The second-order valence-electron chi connectivity index (χ2n) is 7.16. The number of nitrogens with one attached hydrogen (secondary N) is 1. The monoisotopic (exact) mass is 402 g/mol. The highest BCUT2D eigenvalue weighted by Gasteiger charge is 2.28. The number of likely N-dealkylation sites (tertiary alicyclic amines) is 1. The number of piperidine rings is 1. The van der Waals surface area contributed by atoms with Gasteiger partial charge in [0, 0.05) is 19.1 Å². The molecule has 2 aromatic rings. The van der Waals surface area contributed by atoms with Crippen molar-refractivity contribution in [2.24, 2.45) is 0 Å². The minimum atomic E-state index is -3.59. The number of sulfonamides is 1. The Hall–Kier alpha value is -2.38. The molecule has 150 valence electrons. The van der Waals surface area contributed by atoms with Crippen LogP contribution in [0.4, 0.5) is 0 Å². The van der Waals surface area contributed by atoms with E-state index < -0.39 is 10.0 Å². The lowest BCUT2D eigenvalue weighted by Crippen LogP contribution is -2.46. The lowest BCUT2D eigenvalue weighted by atomic mass is 10.0. The number of carbonyl (C=O) groups excluding carboxylic acids is 1. The summed E-state index contributed by atoms with van der Waals surface area (Å²) in [5.74, 6) is 0.457. The number of amides is 1. The Balaban J connectivity index is 1.65. The molecule has 1 aliphatic rings. The summed E-state index contributed by atoms with van der Waals surface area (Å²) in [7, 11) is -2.05. The van der Waals surface area contributed by atoms with E-state index in [0.717, 1.165) is 11.1 Å². The van der Waals surface area contributed by atoms with Gasteiger partial charge in [0.25, 0.3) is 5.91 Å². The van der Waals surface area contributed by atoms with E-state index >= 15 is 0 Å². The molecule has 0 aliphatic carbocycles. The number of methoxy groups -OCH3 is 1. The maximum atomic E-state index is 12.8. The Morgan fingerprint density at radius 2 is 1.79 bits per heavy atom. The van der Waals surface area contributed by atoms with Gasteiger partial charge in [0.05, 0.1) is 17.6 Å². The summed E-state index contributed by atoms with van der Waals surface area (Å²) in [5, 5.41) is 0. The molecule has 0 atom stereocenters. The highest BCUT2D eigenvalue weighted by Crippen LogP contribution is 2.23. The van der Waals surface area contributed by atoms with E-state index in [1.54, 1.807) is 43.2 Å². The Labute approximate surface area is 166 Å². The highest BCUT2D eigenvalue weighted by atomic mass is 32.2. The van der Waals surface area contributed by atoms with E-state index in [0.29, 0.717) is 42.1 Å². The third-order valence-electron chi connectivity index (χ3n) is 5.07. The van der Waals surface area contributed by atoms with E-state index in [-0.39, 0.29) is 11.9 Å². The van der Waals surface area contributed by atoms with Gasteiger partial charge >= 0.3 is 0 Å². The molecule has 0 bridgehead atoms. The molecule has 0 spiro atoms. The first-order valence-corrected chi connectivity index (χ1v) is 10.8. The van der Waals surface area contributed by atoms with Crippen molar-refractivity contribution in [1.82, 2.24) is 9.62 Å². The first-order chi connectivity index (χ1) is 13.3. The first kappa shape index (κ1) is 20.4. The molecule has 3 rings (SSSR count). The van der Waals surface area contributed by atoms with Gasteiger partial charge in [-0.15, -0.1) is 0 Å². The average Bonchev–Trinajstić information content (AvgIpc) is 2.69. The van der Waals surface area contributed by atoms with Crippen LogP contribution in [0.3, 0.4) is 0 Å². The fourth-order valence-corrected chi connectivity index (χ4v) is 5.11. The second-order valence-corrected chi connectivity index (χ2v) is 8.84. The smallest absolute Gasteiger partial charge is 0.257 e. The SMILES string of the molecule is COc1ccccc1C(=O)N1CCC(NS(=O)(=O)c2cc(C)ccc2C)CC1. The fourth-order valence-electron chi connectivity index (χ4n) is 3.47. The number of aryl methyl sites for hydroxylation is 2. The third-order valence-corrected chi connectivity index (χ3v) is 6.74. The molecular weight excluding hydrogens is 376 g/mol. The van der Waals surface area contributed by atoms with Gasteiger partial charge in [0.1, 0.15) is 5.75 Å². The van der Waals surface area contributed by atoms with Crippen molar-refractivity contribution < 1.29 is 17.9 Å². The molecule has 0 saturated carbocycles. The number of benzene rings is 2. The summed E-state index contributed by atoms with van der Waals surface area (Å²) in [6.07, 6.45) is 1.15. The van der Waals surface area contributed by atoms with E-state index in [1.807, 2.05) is 25.1 Å². The topological polar surface area (TPSA) is 75.7 Å². The first-order valence-electron chi connectivity index (χ1n) is 9.33. The van der Waals surface area contributed by atoms with Crippen LogP contribution in [-0.2, 0) is 10.0 Å². The fraction of sp³-hybridized carbons (Fsp3) is 0.381. The van der Waals surface area contributed by atoms with Gasteiger partial charge in [-0.2, -0.15) is 0 Å². The predicted molar refractivity (Wildman–Crippen MR) is 108 cm³/mol. The molecule has 1 fully saturated rings. The van der Waals surface area contributed by atoms with Crippen LogP contribution in [0, 0.1) is 13.8 Å². The van der Waals surface area contributed by atoms with Gasteiger partial charge in [-0.25, -0.2) is 13.1 Å². The van der Waals surface area contributed by atoms with Crippen molar-refractivity contribution in [3.63, 3.8) is 0 Å². The molecule has 1 aliphatic heterocycles. The predicted octanol–water partition coefficient (Wildman–Crippen LogP) is 2.90. The summed E-state index contributed by atoms with van der Waals surface area (Å²) < 4.78 is 33.7. The minimum Gasteiger partial charge on any atom is -0.496 e. The van der Waals surface area contributed by atoms with Gasteiger partial charge in [0.15, 0.2) is 0 Å². The molecule has 7 heteroatoms. The molecule has 1 amide bonds. The average molecular weight is 403 g/mol. The summed E-state index contributed by atoms with van der Waals surface area (Å²) in [4.78, 5) is 14.9. The molecule has 1 N–H and O–H groups in total. The third kappa shape index (κ3) is 4.36. The Morgan fingerprint density at radius 3 is 2.46 bits per heavy atom. The number of nitrogens with zero attached hydrogens (tertiary/aromatic N) is 1. The van der Waals surface area contributed by atoms with Crippen LogP contribution < -0.4 is 9.46 Å². The normalized spacial score (nSPS) is 15.5. The van der Waals surface area contributed by atoms with Crippen LogP contribution in [0.2, 0.25) is 0 Å². The molecule has 6 nitrogen and oxygen atoms in total. The molecule has 28 heavy (non-hydrogen) atoms. The summed E-state index contributed by atoms with van der Waals surface area (Å²) in [5.41, 5.74) is 2.16. The number of para-hydroxylation sites is 1. The largest absolute Gasteiger partial charge is 0.496 e. The Morgan fingerprint density at radius 1 is 1.11 bits per heavy atom. The minimum absolute atomic E-state index is 0.0896. The maximum Gasteiger partial charge on any atom is 0.257 e. The zero-order chi connectivity index (χ0) is 20.3. The molecule has 0 radical (unpaired) electrons. The Kier molecular flexibility index (Phi) is 6.05. The molecule has 2 aromatic carbocycles. The second kappa shape index (κ2) is 8.32.